The van der Waals surface area contributed by atoms with Crippen LogP contribution in [-0.2, 0) is 0 Å². The van der Waals surface area contributed by atoms with E-state index in [0.717, 1.165) is 32.3 Å². The first-order chi connectivity index (χ1) is 12.1. The van der Waals surface area contributed by atoms with Crippen LogP contribution in [0.2, 0.25) is 0 Å². The van der Waals surface area contributed by atoms with Crippen molar-refractivity contribution in [2.75, 3.05) is 0 Å². The Morgan fingerprint density at radius 2 is 2.08 bits per heavy atom. The molecule has 3 aromatic heterocycles. The highest BCUT2D eigenvalue weighted by Crippen LogP contribution is 2.31. The van der Waals surface area contributed by atoms with Crippen LogP contribution in [0.25, 0.3) is 20.9 Å². The van der Waals surface area contributed by atoms with Crippen molar-refractivity contribution in [3.05, 3.63) is 64.2 Å². The van der Waals surface area contributed by atoms with Gasteiger partial charge in [-0.15, -0.1) is 22.7 Å². The van der Waals surface area contributed by atoms with Crippen molar-refractivity contribution in [1.82, 2.24) is 10.3 Å². The largest absolute Gasteiger partial charge is 0.459 e. The summed E-state index contributed by atoms with van der Waals surface area (Å²) < 4.78 is 5.84. The SMILES string of the molecule is Cc1nc(-c2cccs2)sc1C(=O)NC(C)c1cc2ccccc2o1. The Morgan fingerprint density at radius 1 is 1.24 bits per heavy atom. The third kappa shape index (κ3) is 3.10. The molecule has 0 aliphatic heterocycles. The van der Waals surface area contributed by atoms with E-state index < -0.39 is 0 Å². The molecule has 0 aliphatic rings. The number of hydrogen-bond donors (Lipinski definition) is 1. The number of aromatic nitrogens is 1. The molecule has 0 bridgehead atoms. The number of carbonyl (C=O) groups is 1. The summed E-state index contributed by atoms with van der Waals surface area (Å²) in [6.45, 7) is 3.79. The monoisotopic (exact) mass is 368 g/mol. The molecule has 25 heavy (non-hydrogen) atoms. The Morgan fingerprint density at radius 3 is 2.84 bits per heavy atom. The van der Waals surface area contributed by atoms with E-state index in [1.807, 2.05) is 61.7 Å². The van der Waals surface area contributed by atoms with Crippen molar-refractivity contribution in [2.45, 2.75) is 19.9 Å². The third-order valence-electron chi connectivity index (χ3n) is 3.95. The van der Waals surface area contributed by atoms with Gasteiger partial charge in [-0.05, 0) is 37.4 Å². The highest BCUT2D eigenvalue weighted by atomic mass is 32.1. The van der Waals surface area contributed by atoms with E-state index in [1.54, 1.807) is 11.3 Å². The van der Waals surface area contributed by atoms with Gasteiger partial charge in [-0.25, -0.2) is 4.98 Å². The number of fused-ring (bicyclic) bond motifs is 1. The Balaban J connectivity index is 1.55. The number of amides is 1. The second-order valence-electron chi connectivity index (χ2n) is 5.79. The number of hydrogen-bond acceptors (Lipinski definition) is 5. The number of nitrogens with zero attached hydrogens (tertiary/aromatic N) is 1. The van der Waals surface area contributed by atoms with Gasteiger partial charge in [0, 0.05) is 5.39 Å². The highest BCUT2D eigenvalue weighted by molar-refractivity contribution is 7.22. The Bertz CT molecular complexity index is 998. The maximum atomic E-state index is 12.7. The summed E-state index contributed by atoms with van der Waals surface area (Å²) in [5.74, 6) is 0.626. The molecule has 4 rings (SSSR count). The Kier molecular flexibility index (Phi) is 4.15. The number of nitrogens with one attached hydrogen (secondary N) is 1. The van der Waals surface area contributed by atoms with Gasteiger partial charge in [-0.3, -0.25) is 4.79 Å². The fourth-order valence-electron chi connectivity index (χ4n) is 2.66. The predicted octanol–water partition coefficient (Wildman–Crippen LogP) is 5.42. The van der Waals surface area contributed by atoms with E-state index in [2.05, 4.69) is 10.3 Å². The molecule has 0 saturated carbocycles. The zero-order valence-corrected chi connectivity index (χ0v) is 15.4. The maximum Gasteiger partial charge on any atom is 0.263 e. The molecule has 126 valence electrons. The van der Waals surface area contributed by atoms with Crippen LogP contribution in [0.4, 0.5) is 0 Å². The smallest absolute Gasteiger partial charge is 0.263 e. The molecule has 1 amide bonds. The van der Waals surface area contributed by atoms with Crippen molar-refractivity contribution in [2.24, 2.45) is 0 Å². The molecule has 1 N–H and O–H groups in total. The number of benzene rings is 1. The summed E-state index contributed by atoms with van der Waals surface area (Å²) in [7, 11) is 0. The van der Waals surface area contributed by atoms with Gasteiger partial charge in [-0.1, -0.05) is 24.3 Å². The minimum absolute atomic E-state index is 0.120. The van der Waals surface area contributed by atoms with Gasteiger partial charge in [-0.2, -0.15) is 0 Å². The summed E-state index contributed by atoms with van der Waals surface area (Å²) in [4.78, 5) is 18.9. The highest BCUT2D eigenvalue weighted by Gasteiger charge is 2.20. The molecule has 0 fully saturated rings. The molecular weight excluding hydrogens is 352 g/mol. The fourth-order valence-corrected chi connectivity index (χ4v) is 4.43. The van der Waals surface area contributed by atoms with Gasteiger partial charge in [0.15, 0.2) is 0 Å². The van der Waals surface area contributed by atoms with E-state index >= 15 is 0 Å². The fraction of sp³-hybridized carbons (Fsp3) is 0.158. The average Bonchev–Trinajstić information content (AvgIpc) is 3.33. The quantitative estimate of drug-likeness (QED) is 0.523. The van der Waals surface area contributed by atoms with Gasteiger partial charge in [0.25, 0.3) is 5.91 Å². The van der Waals surface area contributed by atoms with Gasteiger partial charge in [0.05, 0.1) is 16.6 Å². The number of carbonyl (C=O) groups excluding carboxylic acids is 1. The van der Waals surface area contributed by atoms with E-state index in [4.69, 9.17) is 4.42 Å². The number of rotatable bonds is 4. The zero-order valence-electron chi connectivity index (χ0n) is 13.8. The molecule has 0 radical (unpaired) electrons. The number of thiophene rings is 1. The summed E-state index contributed by atoms with van der Waals surface area (Å²) >= 11 is 3.05. The first-order valence-electron chi connectivity index (χ1n) is 7.92. The van der Waals surface area contributed by atoms with Gasteiger partial charge < -0.3 is 9.73 Å². The third-order valence-corrected chi connectivity index (χ3v) is 6.15. The van der Waals surface area contributed by atoms with Crippen LogP contribution in [0.15, 0.2) is 52.3 Å². The molecule has 0 saturated heterocycles. The molecule has 1 aromatic carbocycles. The molecule has 6 heteroatoms. The molecule has 3 heterocycles. The minimum atomic E-state index is -0.216. The molecule has 1 atom stereocenters. The summed E-state index contributed by atoms with van der Waals surface area (Å²) in [6.07, 6.45) is 0. The number of furan rings is 1. The first-order valence-corrected chi connectivity index (χ1v) is 9.62. The van der Waals surface area contributed by atoms with Gasteiger partial charge >= 0.3 is 0 Å². The van der Waals surface area contributed by atoms with Gasteiger partial charge in [0.1, 0.15) is 21.2 Å². The lowest BCUT2D eigenvalue weighted by atomic mass is 10.2. The van der Waals surface area contributed by atoms with Crippen LogP contribution in [0.5, 0.6) is 0 Å². The predicted molar refractivity (Wildman–Crippen MR) is 102 cm³/mol. The number of aryl methyl sites for hydroxylation is 1. The van der Waals surface area contributed by atoms with Crippen molar-refractivity contribution >= 4 is 39.5 Å². The summed E-state index contributed by atoms with van der Waals surface area (Å²) in [6, 6.07) is 13.6. The first kappa shape index (κ1) is 16.1. The van der Waals surface area contributed by atoms with Crippen molar-refractivity contribution in [3.63, 3.8) is 0 Å². The Labute approximate surface area is 153 Å². The van der Waals surface area contributed by atoms with Gasteiger partial charge in [0.2, 0.25) is 0 Å². The number of thiazole rings is 1. The van der Waals surface area contributed by atoms with Crippen molar-refractivity contribution < 1.29 is 9.21 Å². The van der Waals surface area contributed by atoms with Crippen LogP contribution < -0.4 is 5.32 Å². The molecule has 1 unspecified atom stereocenters. The molecule has 4 nitrogen and oxygen atoms in total. The van der Waals surface area contributed by atoms with E-state index in [-0.39, 0.29) is 11.9 Å². The molecule has 0 spiro atoms. The molecule has 4 aromatic rings. The normalized spacial score (nSPS) is 12.4. The second-order valence-corrected chi connectivity index (χ2v) is 7.74. The lowest BCUT2D eigenvalue weighted by Crippen LogP contribution is -2.26. The minimum Gasteiger partial charge on any atom is -0.459 e. The summed E-state index contributed by atoms with van der Waals surface area (Å²) in [5, 5.41) is 6.94. The second kappa shape index (κ2) is 6.46. The van der Waals surface area contributed by atoms with E-state index in [9.17, 15) is 4.79 Å². The Hall–Kier alpha value is -2.44. The van der Waals surface area contributed by atoms with Crippen LogP contribution in [0, 0.1) is 6.92 Å². The number of para-hydroxylation sites is 1. The van der Waals surface area contributed by atoms with E-state index in [1.165, 1.54) is 11.3 Å². The summed E-state index contributed by atoms with van der Waals surface area (Å²) in [5.41, 5.74) is 1.58. The van der Waals surface area contributed by atoms with Crippen LogP contribution >= 0.6 is 22.7 Å². The van der Waals surface area contributed by atoms with Crippen LogP contribution in [0.1, 0.15) is 34.1 Å². The van der Waals surface area contributed by atoms with Crippen molar-refractivity contribution in [1.29, 1.82) is 0 Å². The lowest BCUT2D eigenvalue weighted by molar-refractivity contribution is 0.0939. The lowest BCUT2D eigenvalue weighted by Gasteiger charge is -2.10. The topological polar surface area (TPSA) is 55.1 Å². The van der Waals surface area contributed by atoms with Crippen LogP contribution in [-0.4, -0.2) is 10.9 Å². The molecule has 0 aliphatic carbocycles. The van der Waals surface area contributed by atoms with Crippen molar-refractivity contribution in [3.8, 4) is 9.88 Å². The zero-order chi connectivity index (χ0) is 17.4. The maximum absolute atomic E-state index is 12.7. The molecular formula is C19H16N2O2S2. The van der Waals surface area contributed by atoms with Crippen LogP contribution in [0.3, 0.4) is 0 Å². The standard InChI is InChI=1S/C19H16N2O2S2/c1-11(15-10-13-6-3-4-7-14(13)23-15)20-18(22)17-12(2)21-19(25-17)16-8-5-9-24-16/h3-11H,1-2H3,(H,20,22). The average molecular weight is 368 g/mol. The van der Waals surface area contributed by atoms with E-state index in [0.29, 0.717) is 4.88 Å².